The molecular weight excluding hydrogens is 441 g/mol. The summed E-state index contributed by atoms with van der Waals surface area (Å²) in [6, 6.07) is 9.58. The Kier molecular flexibility index (Phi) is 5.23. The van der Waals surface area contributed by atoms with Gasteiger partial charge < -0.3 is 10.3 Å². The van der Waals surface area contributed by atoms with Gasteiger partial charge in [0.2, 0.25) is 5.28 Å². The third-order valence-electron chi connectivity index (χ3n) is 5.77. The van der Waals surface area contributed by atoms with E-state index in [4.69, 9.17) is 40.5 Å². The van der Waals surface area contributed by atoms with Crippen molar-refractivity contribution < 1.29 is 0 Å². The van der Waals surface area contributed by atoms with Crippen LogP contribution in [0.5, 0.6) is 0 Å². The van der Waals surface area contributed by atoms with Gasteiger partial charge in [0.15, 0.2) is 0 Å². The molecule has 0 bridgehead atoms. The molecule has 2 aromatic heterocycles. The van der Waals surface area contributed by atoms with Crippen LogP contribution in [-0.4, -0.2) is 32.5 Å². The SMILES string of the molecule is Nc1nc(Cl)nc2ccc3c(c(CN4CCCC4)cn3Cc3c(Cl)cccc3Cl)c12. The molecule has 30 heavy (non-hydrogen) atoms. The molecule has 0 amide bonds. The number of benzene rings is 2. The fourth-order valence-corrected chi connectivity index (χ4v) is 5.08. The Morgan fingerprint density at radius 3 is 2.37 bits per heavy atom. The van der Waals surface area contributed by atoms with E-state index >= 15 is 0 Å². The number of hydrogen-bond acceptors (Lipinski definition) is 4. The summed E-state index contributed by atoms with van der Waals surface area (Å²) in [5.41, 5.74) is 10.2. The number of anilines is 1. The van der Waals surface area contributed by atoms with Gasteiger partial charge in [0.25, 0.3) is 0 Å². The molecule has 3 heterocycles. The highest BCUT2D eigenvalue weighted by molar-refractivity contribution is 6.36. The second-order valence-corrected chi connectivity index (χ2v) is 8.85. The molecule has 8 heteroatoms. The summed E-state index contributed by atoms with van der Waals surface area (Å²) in [5.74, 6) is 0.395. The predicted octanol–water partition coefficient (Wildman–Crippen LogP) is 5.77. The zero-order valence-corrected chi connectivity index (χ0v) is 18.5. The number of likely N-dealkylation sites (tertiary alicyclic amines) is 1. The van der Waals surface area contributed by atoms with E-state index in [1.807, 2.05) is 24.3 Å². The summed E-state index contributed by atoms with van der Waals surface area (Å²) in [5, 5.41) is 3.37. The maximum Gasteiger partial charge on any atom is 0.224 e. The Morgan fingerprint density at radius 1 is 0.900 bits per heavy atom. The zero-order chi connectivity index (χ0) is 20.8. The van der Waals surface area contributed by atoms with E-state index in [1.165, 1.54) is 18.4 Å². The number of hydrogen-bond donors (Lipinski definition) is 1. The summed E-state index contributed by atoms with van der Waals surface area (Å²) in [7, 11) is 0. The zero-order valence-electron chi connectivity index (χ0n) is 16.2. The number of nitrogen functional groups attached to an aromatic ring is 1. The third-order valence-corrected chi connectivity index (χ3v) is 6.65. The molecule has 1 saturated heterocycles. The molecule has 0 unspecified atom stereocenters. The van der Waals surface area contributed by atoms with Crippen LogP contribution in [0.4, 0.5) is 5.82 Å². The summed E-state index contributed by atoms with van der Waals surface area (Å²) in [6.07, 6.45) is 4.64. The Hall–Kier alpha value is -2.05. The molecule has 154 valence electrons. The van der Waals surface area contributed by atoms with Gasteiger partial charge in [-0.05, 0) is 67.4 Å². The van der Waals surface area contributed by atoms with Crippen molar-refractivity contribution in [2.45, 2.75) is 25.9 Å². The number of rotatable bonds is 4. The van der Waals surface area contributed by atoms with E-state index in [-0.39, 0.29) is 5.28 Å². The van der Waals surface area contributed by atoms with Crippen LogP contribution in [0.25, 0.3) is 21.8 Å². The average Bonchev–Trinajstić information content (AvgIpc) is 3.33. The van der Waals surface area contributed by atoms with Crippen molar-refractivity contribution in [3.05, 3.63) is 63.0 Å². The van der Waals surface area contributed by atoms with E-state index in [2.05, 4.69) is 31.7 Å². The molecule has 1 aliphatic heterocycles. The van der Waals surface area contributed by atoms with Gasteiger partial charge in [-0.25, -0.2) is 9.97 Å². The number of nitrogens with two attached hydrogens (primary N) is 1. The topological polar surface area (TPSA) is 60.0 Å². The highest BCUT2D eigenvalue weighted by Crippen LogP contribution is 2.35. The molecule has 0 aliphatic carbocycles. The maximum atomic E-state index is 6.45. The normalized spacial score (nSPS) is 14.9. The lowest BCUT2D eigenvalue weighted by Gasteiger charge is -2.14. The fraction of sp³-hybridized carbons (Fsp3) is 0.273. The molecule has 0 saturated carbocycles. The quantitative estimate of drug-likeness (QED) is 0.393. The van der Waals surface area contributed by atoms with Crippen LogP contribution in [-0.2, 0) is 13.1 Å². The van der Waals surface area contributed by atoms with Gasteiger partial charge in [0, 0.05) is 39.3 Å². The Morgan fingerprint density at radius 2 is 1.63 bits per heavy atom. The van der Waals surface area contributed by atoms with E-state index < -0.39 is 0 Å². The second-order valence-electron chi connectivity index (χ2n) is 7.70. The van der Waals surface area contributed by atoms with Crippen LogP contribution in [0.15, 0.2) is 36.5 Å². The number of halogens is 3. The lowest BCUT2D eigenvalue weighted by Crippen LogP contribution is -2.18. The molecule has 5 rings (SSSR count). The van der Waals surface area contributed by atoms with Crippen LogP contribution < -0.4 is 5.73 Å². The highest BCUT2D eigenvalue weighted by atomic mass is 35.5. The summed E-state index contributed by atoms with van der Waals surface area (Å²) in [6.45, 7) is 3.62. The number of fused-ring (bicyclic) bond motifs is 3. The van der Waals surface area contributed by atoms with Crippen molar-refractivity contribution >= 4 is 62.4 Å². The van der Waals surface area contributed by atoms with Crippen LogP contribution in [0, 0.1) is 0 Å². The van der Waals surface area contributed by atoms with E-state index in [0.29, 0.717) is 22.4 Å². The van der Waals surface area contributed by atoms with Crippen LogP contribution >= 0.6 is 34.8 Å². The largest absolute Gasteiger partial charge is 0.383 e. The van der Waals surface area contributed by atoms with Crippen LogP contribution in [0.3, 0.4) is 0 Å². The molecule has 0 atom stereocenters. The highest BCUT2D eigenvalue weighted by Gasteiger charge is 2.20. The monoisotopic (exact) mass is 459 g/mol. The second kappa shape index (κ2) is 7.89. The van der Waals surface area contributed by atoms with Gasteiger partial charge in [-0.15, -0.1) is 0 Å². The van der Waals surface area contributed by atoms with Crippen molar-refractivity contribution in [2.75, 3.05) is 18.8 Å². The first-order valence-electron chi connectivity index (χ1n) is 9.90. The van der Waals surface area contributed by atoms with E-state index in [1.54, 1.807) is 0 Å². The standard InChI is InChI=1S/C22H20Cl3N5/c23-15-4-3-5-16(24)14(15)12-30-11-13(10-29-8-1-2-9-29)19-18(30)7-6-17-20(19)21(26)28-22(25)27-17/h3-7,11H,1-2,8-10,12H2,(H2,26,27,28). The molecule has 2 aromatic carbocycles. The van der Waals surface area contributed by atoms with E-state index in [9.17, 15) is 0 Å². The lowest BCUT2D eigenvalue weighted by atomic mass is 10.1. The third kappa shape index (κ3) is 3.50. The molecule has 0 radical (unpaired) electrons. The van der Waals surface area contributed by atoms with Gasteiger partial charge in [0.1, 0.15) is 5.82 Å². The minimum Gasteiger partial charge on any atom is -0.383 e. The number of nitrogens with zero attached hydrogens (tertiary/aromatic N) is 4. The summed E-state index contributed by atoms with van der Waals surface area (Å²) in [4.78, 5) is 11.1. The molecule has 1 fully saturated rings. The Balaban J connectivity index is 1.72. The van der Waals surface area contributed by atoms with Crippen molar-refractivity contribution in [3.8, 4) is 0 Å². The van der Waals surface area contributed by atoms with Crippen molar-refractivity contribution in [1.82, 2.24) is 19.4 Å². The molecule has 5 nitrogen and oxygen atoms in total. The Bertz CT molecular complexity index is 1240. The summed E-state index contributed by atoms with van der Waals surface area (Å²) >= 11 is 19.0. The van der Waals surface area contributed by atoms with E-state index in [0.717, 1.165) is 47.0 Å². The molecule has 1 aliphatic rings. The van der Waals surface area contributed by atoms with Gasteiger partial charge in [-0.2, -0.15) is 0 Å². The van der Waals surface area contributed by atoms with Gasteiger partial charge in [-0.1, -0.05) is 29.3 Å². The van der Waals surface area contributed by atoms with Crippen LogP contribution in [0.1, 0.15) is 24.0 Å². The minimum atomic E-state index is 0.155. The van der Waals surface area contributed by atoms with Crippen molar-refractivity contribution in [1.29, 1.82) is 0 Å². The smallest absolute Gasteiger partial charge is 0.224 e. The van der Waals surface area contributed by atoms with Gasteiger partial charge in [-0.3, -0.25) is 4.90 Å². The summed E-state index contributed by atoms with van der Waals surface area (Å²) < 4.78 is 2.18. The number of aromatic nitrogens is 3. The molecule has 2 N–H and O–H groups in total. The molecule has 0 spiro atoms. The minimum absolute atomic E-state index is 0.155. The fourth-order valence-electron chi connectivity index (χ4n) is 4.39. The average molecular weight is 461 g/mol. The molecular formula is C22H20Cl3N5. The maximum absolute atomic E-state index is 6.45. The van der Waals surface area contributed by atoms with Crippen LogP contribution in [0.2, 0.25) is 15.3 Å². The molecule has 4 aromatic rings. The Labute approximate surface area is 189 Å². The predicted molar refractivity (Wildman–Crippen MR) is 125 cm³/mol. The first-order chi connectivity index (χ1) is 14.5. The lowest BCUT2D eigenvalue weighted by molar-refractivity contribution is 0.332. The van der Waals surface area contributed by atoms with Crippen molar-refractivity contribution in [3.63, 3.8) is 0 Å². The van der Waals surface area contributed by atoms with Crippen molar-refractivity contribution in [2.24, 2.45) is 0 Å². The first kappa shape index (κ1) is 19.9. The van der Waals surface area contributed by atoms with Gasteiger partial charge in [0.05, 0.1) is 17.4 Å². The van der Waals surface area contributed by atoms with Gasteiger partial charge >= 0.3 is 0 Å². The first-order valence-corrected chi connectivity index (χ1v) is 11.0.